The van der Waals surface area contributed by atoms with Crippen LogP contribution in [0.2, 0.25) is 0 Å². The molecule has 0 bridgehead atoms. The van der Waals surface area contributed by atoms with E-state index in [0.717, 1.165) is 4.47 Å². The molecule has 1 aromatic carbocycles. The average Bonchev–Trinajstić information content (AvgIpc) is 2.09. The first-order valence-electron chi connectivity index (χ1n) is 3.64. The topological polar surface area (TPSA) is 37.3 Å². The lowest BCUT2D eigenvalue weighted by atomic mass is 10.00. The summed E-state index contributed by atoms with van der Waals surface area (Å²) < 4.78 is 0.757. The molecule has 0 amide bonds. The molecular weight excluding hydrogens is 232 g/mol. The largest absolute Gasteiger partial charge is 0.480 e. The molecule has 1 rings (SSSR count). The zero-order valence-electron chi connectivity index (χ0n) is 6.83. The number of hydrogen-bond donors (Lipinski definition) is 1. The second kappa shape index (κ2) is 4.23. The van der Waals surface area contributed by atoms with E-state index in [-0.39, 0.29) is 5.92 Å². The maximum Gasteiger partial charge on any atom is 0.319 e. The zero-order valence-corrected chi connectivity index (χ0v) is 8.41. The van der Waals surface area contributed by atoms with Crippen LogP contribution in [0.5, 0.6) is 0 Å². The van der Waals surface area contributed by atoms with Crippen molar-refractivity contribution >= 4 is 21.9 Å². The van der Waals surface area contributed by atoms with Crippen molar-refractivity contribution in [1.29, 1.82) is 0 Å². The molecular formula is C10H8BrO2. The van der Waals surface area contributed by atoms with E-state index in [1.165, 1.54) is 6.08 Å². The van der Waals surface area contributed by atoms with Gasteiger partial charge < -0.3 is 5.11 Å². The minimum atomic E-state index is -0.970. The summed E-state index contributed by atoms with van der Waals surface area (Å²) >= 11 is 3.27. The zero-order chi connectivity index (χ0) is 9.84. The maximum atomic E-state index is 10.8. The fourth-order valence-electron chi connectivity index (χ4n) is 0.992. The monoisotopic (exact) mass is 239 g/mol. The van der Waals surface area contributed by atoms with Gasteiger partial charge in [0, 0.05) is 4.47 Å². The summed E-state index contributed by atoms with van der Waals surface area (Å²) in [4.78, 5) is 10.8. The van der Waals surface area contributed by atoms with Crippen LogP contribution in [-0.4, -0.2) is 11.1 Å². The highest BCUT2D eigenvalue weighted by atomic mass is 79.9. The highest BCUT2D eigenvalue weighted by molar-refractivity contribution is 9.10. The van der Waals surface area contributed by atoms with E-state index < -0.39 is 5.97 Å². The molecule has 0 unspecified atom stereocenters. The van der Waals surface area contributed by atoms with Crippen molar-refractivity contribution in [3.05, 3.63) is 52.9 Å². The number of aliphatic carboxylic acids is 1. The van der Waals surface area contributed by atoms with Crippen LogP contribution >= 0.6 is 15.9 Å². The fourth-order valence-corrected chi connectivity index (χ4v) is 1.49. The Hall–Kier alpha value is -1.09. The highest BCUT2D eigenvalue weighted by Crippen LogP contribution is 2.24. The van der Waals surface area contributed by atoms with Crippen LogP contribution in [-0.2, 0) is 4.79 Å². The molecule has 67 valence electrons. The Kier molecular flexibility index (Phi) is 3.25. The molecule has 1 aromatic rings. The first-order chi connectivity index (χ1) is 6.16. The first-order valence-corrected chi connectivity index (χ1v) is 4.43. The lowest BCUT2D eigenvalue weighted by Crippen LogP contribution is -2.10. The lowest BCUT2D eigenvalue weighted by Gasteiger charge is -2.07. The van der Waals surface area contributed by atoms with E-state index in [2.05, 4.69) is 22.5 Å². The van der Waals surface area contributed by atoms with Gasteiger partial charge in [-0.2, -0.15) is 0 Å². The normalized spacial score (nSPS) is 10.0. The Labute approximate surface area is 85.0 Å². The van der Waals surface area contributed by atoms with Gasteiger partial charge in [-0.25, -0.2) is 0 Å². The molecule has 0 aliphatic heterocycles. The number of carbonyl (C=O) groups is 1. The predicted molar refractivity (Wildman–Crippen MR) is 54.3 cm³/mol. The van der Waals surface area contributed by atoms with Crippen molar-refractivity contribution in [3.63, 3.8) is 0 Å². The predicted octanol–water partition coefficient (Wildman–Crippen LogP) is 2.64. The van der Waals surface area contributed by atoms with Gasteiger partial charge in [0.15, 0.2) is 0 Å². The molecule has 0 atom stereocenters. The van der Waals surface area contributed by atoms with E-state index >= 15 is 0 Å². The Morgan fingerprint density at radius 3 is 2.54 bits per heavy atom. The van der Waals surface area contributed by atoms with Gasteiger partial charge in [0.1, 0.15) is 5.92 Å². The second-order valence-corrected chi connectivity index (χ2v) is 3.26. The molecule has 0 aliphatic rings. The highest BCUT2D eigenvalue weighted by Gasteiger charge is 2.18. The van der Waals surface area contributed by atoms with E-state index in [1.54, 1.807) is 18.2 Å². The average molecular weight is 240 g/mol. The molecule has 0 saturated heterocycles. The molecule has 0 spiro atoms. The quantitative estimate of drug-likeness (QED) is 0.881. The van der Waals surface area contributed by atoms with Crippen molar-refractivity contribution in [2.45, 2.75) is 0 Å². The second-order valence-electron chi connectivity index (χ2n) is 2.40. The van der Waals surface area contributed by atoms with Gasteiger partial charge in [-0.15, -0.1) is 6.58 Å². The van der Waals surface area contributed by atoms with Gasteiger partial charge in [-0.1, -0.05) is 40.2 Å². The molecule has 3 heteroatoms. The lowest BCUT2D eigenvalue weighted by molar-refractivity contribution is -0.133. The van der Waals surface area contributed by atoms with Crippen molar-refractivity contribution in [2.75, 3.05) is 0 Å². The summed E-state index contributed by atoms with van der Waals surface area (Å²) in [7, 11) is 0. The minimum absolute atomic E-state index is 0.201. The molecule has 0 aliphatic carbocycles. The molecule has 1 N–H and O–H groups in total. The number of rotatable bonds is 3. The summed E-state index contributed by atoms with van der Waals surface area (Å²) in [5, 5.41) is 8.82. The SMILES string of the molecule is C=C[C](C(=O)O)c1ccccc1Br. The van der Waals surface area contributed by atoms with Crippen molar-refractivity contribution in [2.24, 2.45) is 0 Å². The van der Waals surface area contributed by atoms with Crippen molar-refractivity contribution in [1.82, 2.24) is 0 Å². The Balaban J connectivity index is 3.12. The standard InChI is InChI=1S/C10H8BrO2/c1-2-7(10(12)13)8-5-3-4-6-9(8)11/h2-6H,1H2,(H,12,13). The van der Waals surface area contributed by atoms with Crippen LogP contribution < -0.4 is 0 Å². The van der Waals surface area contributed by atoms with Crippen molar-refractivity contribution in [3.8, 4) is 0 Å². The van der Waals surface area contributed by atoms with E-state index in [4.69, 9.17) is 5.11 Å². The summed E-state index contributed by atoms with van der Waals surface area (Å²) in [6.07, 6.45) is 1.34. The van der Waals surface area contributed by atoms with Crippen LogP contribution in [0, 0.1) is 5.92 Å². The summed E-state index contributed by atoms with van der Waals surface area (Å²) in [6, 6.07) is 7.14. The Bertz CT molecular complexity index is 333. The van der Waals surface area contributed by atoms with Gasteiger partial charge >= 0.3 is 5.97 Å². The minimum Gasteiger partial charge on any atom is -0.480 e. The summed E-state index contributed by atoms with van der Waals surface area (Å²) in [5.74, 6) is -0.769. The third-order valence-electron chi connectivity index (χ3n) is 1.60. The third-order valence-corrected chi connectivity index (χ3v) is 2.29. The van der Waals surface area contributed by atoms with Crippen LogP contribution in [0.15, 0.2) is 41.4 Å². The number of benzene rings is 1. The Morgan fingerprint density at radius 1 is 1.46 bits per heavy atom. The van der Waals surface area contributed by atoms with Gasteiger partial charge in [0.05, 0.1) is 0 Å². The Morgan fingerprint density at radius 2 is 2.08 bits per heavy atom. The van der Waals surface area contributed by atoms with Gasteiger partial charge in [-0.05, 0) is 11.6 Å². The molecule has 0 saturated carbocycles. The van der Waals surface area contributed by atoms with Crippen LogP contribution in [0.1, 0.15) is 5.56 Å². The molecule has 0 heterocycles. The van der Waals surface area contributed by atoms with E-state index in [0.29, 0.717) is 5.56 Å². The first kappa shape index (κ1) is 9.99. The third kappa shape index (κ3) is 2.18. The molecule has 2 nitrogen and oxygen atoms in total. The van der Waals surface area contributed by atoms with Crippen molar-refractivity contribution < 1.29 is 9.90 Å². The van der Waals surface area contributed by atoms with E-state index in [1.807, 2.05) is 6.07 Å². The molecule has 0 fully saturated rings. The number of carboxylic acid groups (broad SMARTS) is 1. The number of halogens is 1. The van der Waals surface area contributed by atoms with Gasteiger partial charge in [-0.3, -0.25) is 4.79 Å². The maximum absolute atomic E-state index is 10.8. The summed E-state index contributed by atoms with van der Waals surface area (Å²) in [6.45, 7) is 3.46. The molecule has 0 aromatic heterocycles. The van der Waals surface area contributed by atoms with Crippen LogP contribution in [0.3, 0.4) is 0 Å². The summed E-state index contributed by atoms with van der Waals surface area (Å²) in [5.41, 5.74) is 0.644. The molecule has 13 heavy (non-hydrogen) atoms. The van der Waals surface area contributed by atoms with Gasteiger partial charge in [0.2, 0.25) is 0 Å². The smallest absolute Gasteiger partial charge is 0.319 e. The van der Waals surface area contributed by atoms with E-state index in [9.17, 15) is 4.79 Å². The van der Waals surface area contributed by atoms with Crippen LogP contribution in [0.25, 0.3) is 0 Å². The van der Waals surface area contributed by atoms with Crippen LogP contribution in [0.4, 0.5) is 0 Å². The fraction of sp³-hybridized carbons (Fsp3) is 0. The number of hydrogen-bond acceptors (Lipinski definition) is 1. The molecule has 1 radical (unpaired) electrons. The number of carboxylic acids is 1. The van der Waals surface area contributed by atoms with Gasteiger partial charge in [0.25, 0.3) is 0 Å².